The standard InChI is InChI=1S/C16H17IN4/c1-11(13-6-8-14(17)9-7-13)18-12(2)16-20-19-15-5-3-4-10-21(15)16/h3-12,18H,1-2H3. The van der Waals surface area contributed by atoms with Crippen LogP contribution >= 0.6 is 22.6 Å². The zero-order chi connectivity index (χ0) is 14.8. The summed E-state index contributed by atoms with van der Waals surface area (Å²) in [6, 6.07) is 14.9. The molecular formula is C16H17IN4. The Bertz CT molecular complexity index is 735. The number of nitrogens with zero attached hydrogens (tertiary/aromatic N) is 3. The van der Waals surface area contributed by atoms with Gasteiger partial charge < -0.3 is 5.32 Å². The second-order valence-corrected chi connectivity index (χ2v) is 6.39. The van der Waals surface area contributed by atoms with Crippen molar-refractivity contribution in [3.8, 4) is 0 Å². The Hall–Kier alpha value is -1.47. The molecule has 0 radical (unpaired) electrons. The van der Waals surface area contributed by atoms with Crippen LogP contribution in [0.25, 0.3) is 5.65 Å². The van der Waals surface area contributed by atoms with Crippen molar-refractivity contribution in [3.05, 3.63) is 63.6 Å². The average molecular weight is 392 g/mol. The van der Waals surface area contributed by atoms with Crippen LogP contribution in [0.5, 0.6) is 0 Å². The molecule has 2 heterocycles. The first kappa shape index (κ1) is 14.5. The smallest absolute Gasteiger partial charge is 0.160 e. The molecule has 0 amide bonds. The van der Waals surface area contributed by atoms with Crippen LogP contribution in [0.3, 0.4) is 0 Å². The fraction of sp³-hybridized carbons (Fsp3) is 0.250. The molecular weight excluding hydrogens is 375 g/mol. The molecule has 108 valence electrons. The number of hydrogen-bond donors (Lipinski definition) is 1. The lowest BCUT2D eigenvalue weighted by molar-refractivity contribution is 0.473. The van der Waals surface area contributed by atoms with Crippen molar-refractivity contribution in [3.63, 3.8) is 0 Å². The highest BCUT2D eigenvalue weighted by atomic mass is 127. The van der Waals surface area contributed by atoms with Gasteiger partial charge in [0.25, 0.3) is 0 Å². The topological polar surface area (TPSA) is 42.2 Å². The van der Waals surface area contributed by atoms with E-state index in [4.69, 9.17) is 0 Å². The number of benzene rings is 1. The molecule has 0 saturated carbocycles. The molecule has 3 rings (SSSR count). The molecule has 0 aliphatic heterocycles. The largest absolute Gasteiger partial charge is 0.301 e. The van der Waals surface area contributed by atoms with Crippen LogP contribution in [0.15, 0.2) is 48.7 Å². The van der Waals surface area contributed by atoms with Crippen molar-refractivity contribution >= 4 is 28.2 Å². The van der Waals surface area contributed by atoms with Gasteiger partial charge in [-0.25, -0.2) is 0 Å². The minimum Gasteiger partial charge on any atom is -0.301 e. The van der Waals surface area contributed by atoms with Gasteiger partial charge in [0, 0.05) is 15.8 Å². The normalized spacial score (nSPS) is 14.2. The van der Waals surface area contributed by atoms with E-state index in [1.807, 2.05) is 28.8 Å². The summed E-state index contributed by atoms with van der Waals surface area (Å²) in [6.45, 7) is 4.29. The lowest BCUT2D eigenvalue weighted by atomic mass is 10.1. The van der Waals surface area contributed by atoms with Gasteiger partial charge in [-0.05, 0) is 66.3 Å². The molecule has 0 bridgehead atoms. The van der Waals surface area contributed by atoms with Gasteiger partial charge in [-0.3, -0.25) is 4.40 Å². The summed E-state index contributed by atoms with van der Waals surface area (Å²) in [4.78, 5) is 0. The Labute approximate surface area is 137 Å². The van der Waals surface area contributed by atoms with E-state index in [1.165, 1.54) is 9.13 Å². The van der Waals surface area contributed by atoms with Crippen molar-refractivity contribution in [1.29, 1.82) is 0 Å². The van der Waals surface area contributed by atoms with Gasteiger partial charge in [-0.15, -0.1) is 10.2 Å². The number of rotatable bonds is 4. The summed E-state index contributed by atoms with van der Waals surface area (Å²) in [6.07, 6.45) is 2.00. The Morgan fingerprint density at radius 2 is 1.76 bits per heavy atom. The molecule has 1 aromatic carbocycles. The molecule has 2 atom stereocenters. The van der Waals surface area contributed by atoms with Gasteiger partial charge in [-0.2, -0.15) is 0 Å². The second-order valence-electron chi connectivity index (χ2n) is 5.15. The predicted molar refractivity (Wildman–Crippen MR) is 92.1 cm³/mol. The van der Waals surface area contributed by atoms with Gasteiger partial charge in [0.1, 0.15) is 0 Å². The summed E-state index contributed by atoms with van der Waals surface area (Å²) < 4.78 is 3.28. The molecule has 0 aliphatic rings. The van der Waals surface area contributed by atoms with E-state index in [-0.39, 0.29) is 12.1 Å². The van der Waals surface area contributed by atoms with E-state index < -0.39 is 0 Å². The highest BCUT2D eigenvalue weighted by Gasteiger charge is 2.16. The molecule has 5 heteroatoms. The number of fused-ring (bicyclic) bond motifs is 1. The third kappa shape index (κ3) is 3.08. The van der Waals surface area contributed by atoms with Crippen LogP contribution < -0.4 is 5.32 Å². The van der Waals surface area contributed by atoms with Gasteiger partial charge in [0.15, 0.2) is 11.5 Å². The van der Waals surface area contributed by atoms with E-state index >= 15 is 0 Å². The van der Waals surface area contributed by atoms with Gasteiger partial charge in [0.2, 0.25) is 0 Å². The summed E-state index contributed by atoms with van der Waals surface area (Å²) in [5.41, 5.74) is 2.15. The fourth-order valence-corrected chi connectivity index (χ4v) is 2.81. The summed E-state index contributed by atoms with van der Waals surface area (Å²) in [5.74, 6) is 0.933. The fourth-order valence-electron chi connectivity index (χ4n) is 2.45. The quantitative estimate of drug-likeness (QED) is 0.688. The Morgan fingerprint density at radius 3 is 2.52 bits per heavy atom. The van der Waals surface area contributed by atoms with Crippen molar-refractivity contribution in [2.24, 2.45) is 0 Å². The Morgan fingerprint density at radius 1 is 1.00 bits per heavy atom. The number of nitrogens with one attached hydrogen (secondary N) is 1. The van der Waals surface area contributed by atoms with E-state index in [1.54, 1.807) is 0 Å². The maximum atomic E-state index is 4.31. The van der Waals surface area contributed by atoms with Crippen molar-refractivity contribution in [2.45, 2.75) is 25.9 Å². The number of halogens is 1. The number of aromatic nitrogens is 3. The zero-order valence-electron chi connectivity index (χ0n) is 12.0. The van der Waals surface area contributed by atoms with Crippen LogP contribution in [-0.2, 0) is 0 Å². The molecule has 2 unspecified atom stereocenters. The molecule has 3 aromatic rings. The highest BCUT2D eigenvalue weighted by Crippen LogP contribution is 2.19. The minimum absolute atomic E-state index is 0.122. The lowest BCUT2D eigenvalue weighted by Crippen LogP contribution is -2.24. The minimum atomic E-state index is 0.122. The molecule has 0 spiro atoms. The van der Waals surface area contributed by atoms with Crippen molar-refractivity contribution in [1.82, 2.24) is 19.9 Å². The molecule has 2 aromatic heterocycles. The van der Waals surface area contributed by atoms with Gasteiger partial charge >= 0.3 is 0 Å². The van der Waals surface area contributed by atoms with E-state index in [2.05, 4.69) is 76.2 Å². The van der Waals surface area contributed by atoms with Crippen LogP contribution in [0.2, 0.25) is 0 Å². The monoisotopic (exact) mass is 392 g/mol. The van der Waals surface area contributed by atoms with Crippen LogP contribution in [0, 0.1) is 3.57 Å². The third-order valence-corrected chi connectivity index (χ3v) is 4.32. The van der Waals surface area contributed by atoms with Crippen LogP contribution in [-0.4, -0.2) is 14.6 Å². The molecule has 1 N–H and O–H groups in total. The molecule has 0 saturated heterocycles. The Kier molecular flexibility index (Phi) is 4.21. The first-order valence-corrected chi connectivity index (χ1v) is 8.04. The maximum absolute atomic E-state index is 4.31. The van der Waals surface area contributed by atoms with E-state index in [9.17, 15) is 0 Å². The first-order valence-electron chi connectivity index (χ1n) is 6.96. The second kappa shape index (κ2) is 6.11. The summed E-state index contributed by atoms with van der Waals surface area (Å²) in [7, 11) is 0. The van der Waals surface area contributed by atoms with Crippen molar-refractivity contribution in [2.75, 3.05) is 0 Å². The average Bonchev–Trinajstić information content (AvgIpc) is 2.92. The van der Waals surface area contributed by atoms with Crippen molar-refractivity contribution < 1.29 is 0 Å². The van der Waals surface area contributed by atoms with Gasteiger partial charge in [0.05, 0.1) is 6.04 Å². The SMILES string of the molecule is CC(NC(C)c1nnc2ccccn12)c1ccc(I)cc1. The first-order chi connectivity index (χ1) is 10.1. The van der Waals surface area contributed by atoms with Crippen LogP contribution in [0.4, 0.5) is 0 Å². The number of hydrogen-bond acceptors (Lipinski definition) is 3. The molecule has 0 aliphatic carbocycles. The third-order valence-electron chi connectivity index (χ3n) is 3.60. The van der Waals surface area contributed by atoms with Gasteiger partial charge in [-0.1, -0.05) is 18.2 Å². The maximum Gasteiger partial charge on any atom is 0.160 e. The molecule has 21 heavy (non-hydrogen) atoms. The Balaban J connectivity index is 1.79. The summed E-state index contributed by atoms with van der Waals surface area (Å²) in [5, 5.41) is 12.1. The lowest BCUT2D eigenvalue weighted by Gasteiger charge is -2.19. The number of pyridine rings is 1. The predicted octanol–water partition coefficient (Wildman–Crippen LogP) is 3.75. The zero-order valence-corrected chi connectivity index (χ0v) is 14.2. The highest BCUT2D eigenvalue weighted by molar-refractivity contribution is 14.1. The summed E-state index contributed by atoms with van der Waals surface area (Å²) >= 11 is 2.32. The van der Waals surface area contributed by atoms with E-state index in [0.29, 0.717) is 0 Å². The van der Waals surface area contributed by atoms with Crippen LogP contribution in [0.1, 0.15) is 37.3 Å². The van der Waals surface area contributed by atoms with E-state index in [0.717, 1.165) is 11.5 Å². The molecule has 0 fully saturated rings. The molecule has 4 nitrogen and oxygen atoms in total.